The maximum atomic E-state index is 13.3. The van der Waals surface area contributed by atoms with Crippen molar-refractivity contribution in [2.24, 2.45) is 17.8 Å². The van der Waals surface area contributed by atoms with E-state index in [1.165, 1.54) is 0 Å². The number of pyridine rings is 1. The number of aliphatic hydroxyl groups is 1. The predicted octanol–water partition coefficient (Wildman–Crippen LogP) is 2.83. The molecule has 9 heteroatoms. The molecule has 5 aliphatic rings. The Bertz CT molecular complexity index is 1250. The number of amides is 2. The number of methoxy groups -OCH3 is 1. The lowest BCUT2D eigenvalue weighted by Gasteiger charge is -2.58. The van der Waals surface area contributed by atoms with E-state index in [1.807, 2.05) is 24.3 Å². The smallest absolute Gasteiger partial charge is 0.270 e. The minimum Gasteiger partial charge on any atom is -0.496 e. The van der Waals surface area contributed by atoms with E-state index in [4.69, 9.17) is 9.72 Å². The van der Waals surface area contributed by atoms with E-state index in [1.54, 1.807) is 26.3 Å². The standard InChI is InChI=1S/C30H39N5O4/c1-18-17-34(22-7-8-23(28(36)31-2)25(13-22)39-3)9-10-35(18)26-6-4-5-24(32-26)29(37)33-27-20-11-19-12-21(27)16-30(38,14-19)15-20/h4-8,13,18-21,27,38H,9-12,14-17H2,1-3H3,(H,31,36)(H,33,37)/t18-,19?,20?,21?,27?,30?/m1/s1. The van der Waals surface area contributed by atoms with Crippen molar-refractivity contribution in [3.8, 4) is 5.75 Å². The number of ether oxygens (including phenoxy) is 1. The fourth-order valence-corrected chi connectivity index (χ4v) is 7.88. The summed E-state index contributed by atoms with van der Waals surface area (Å²) in [6, 6.07) is 11.7. The molecule has 7 rings (SSSR count). The number of anilines is 2. The number of carbonyl (C=O) groups excluding carboxylic acids is 2. The van der Waals surface area contributed by atoms with E-state index in [2.05, 4.69) is 27.4 Å². The van der Waals surface area contributed by atoms with Gasteiger partial charge in [0.25, 0.3) is 11.8 Å². The Morgan fingerprint density at radius 2 is 1.85 bits per heavy atom. The van der Waals surface area contributed by atoms with Gasteiger partial charge in [0.15, 0.2) is 0 Å². The van der Waals surface area contributed by atoms with Crippen molar-refractivity contribution in [3.05, 3.63) is 47.7 Å². The molecule has 1 saturated heterocycles. The van der Waals surface area contributed by atoms with Crippen LogP contribution >= 0.6 is 0 Å². The first-order chi connectivity index (χ1) is 18.8. The molecule has 4 aliphatic carbocycles. The average molecular weight is 534 g/mol. The summed E-state index contributed by atoms with van der Waals surface area (Å²) in [6.07, 6.45) is 4.77. The Morgan fingerprint density at radius 3 is 2.51 bits per heavy atom. The maximum absolute atomic E-state index is 13.3. The second-order valence-corrected chi connectivity index (χ2v) is 12.0. The summed E-state index contributed by atoms with van der Waals surface area (Å²) < 4.78 is 5.49. The molecule has 9 nitrogen and oxygen atoms in total. The van der Waals surface area contributed by atoms with Crippen molar-refractivity contribution in [3.63, 3.8) is 0 Å². The number of carbonyl (C=O) groups is 2. The molecule has 4 bridgehead atoms. The Hall–Kier alpha value is -3.33. The number of hydrogen-bond acceptors (Lipinski definition) is 7. The molecular weight excluding hydrogens is 494 g/mol. The number of rotatable bonds is 6. The van der Waals surface area contributed by atoms with E-state index in [9.17, 15) is 14.7 Å². The van der Waals surface area contributed by atoms with E-state index in [0.29, 0.717) is 34.8 Å². The number of piperazine rings is 1. The highest BCUT2D eigenvalue weighted by molar-refractivity contribution is 5.97. The summed E-state index contributed by atoms with van der Waals surface area (Å²) in [5.74, 6) is 2.41. The van der Waals surface area contributed by atoms with E-state index >= 15 is 0 Å². The molecule has 3 N–H and O–H groups in total. The zero-order valence-corrected chi connectivity index (χ0v) is 23.0. The SMILES string of the molecule is CNC(=O)c1ccc(N2CCN(c3cccc(C(=O)NC4C5CC6CC4CC(O)(C6)C5)n3)[C@H](C)C2)cc1OC. The molecule has 2 unspecified atom stereocenters. The zero-order chi connectivity index (χ0) is 27.3. The van der Waals surface area contributed by atoms with Crippen molar-refractivity contribution < 1.29 is 19.4 Å². The molecule has 1 aromatic heterocycles. The van der Waals surface area contributed by atoms with Crippen LogP contribution in [0.1, 0.15) is 59.9 Å². The van der Waals surface area contributed by atoms with Crippen LogP contribution in [-0.2, 0) is 0 Å². The first kappa shape index (κ1) is 25.9. The molecule has 208 valence electrons. The van der Waals surface area contributed by atoms with Crippen LogP contribution in [0.5, 0.6) is 5.75 Å². The number of nitrogens with zero attached hydrogens (tertiary/aromatic N) is 3. The fourth-order valence-electron chi connectivity index (χ4n) is 7.88. The minimum atomic E-state index is -0.508. The van der Waals surface area contributed by atoms with E-state index < -0.39 is 5.60 Å². The quantitative estimate of drug-likeness (QED) is 0.524. The van der Waals surface area contributed by atoms with Gasteiger partial charge in [-0.05, 0) is 81.0 Å². The molecule has 39 heavy (non-hydrogen) atoms. The van der Waals surface area contributed by atoms with Gasteiger partial charge in [-0.25, -0.2) is 4.98 Å². The summed E-state index contributed by atoms with van der Waals surface area (Å²) in [5.41, 5.74) is 1.46. The van der Waals surface area contributed by atoms with Crippen LogP contribution in [0.4, 0.5) is 11.5 Å². The molecule has 5 fully saturated rings. The minimum absolute atomic E-state index is 0.115. The molecule has 0 radical (unpaired) electrons. The zero-order valence-electron chi connectivity index (χ0n) is 23.0. The Morgan fingerprint density at radius 1 is 1.08 bits per heavy atom. The van der Waals surface area contributed by atoms with E-state index in [-0.39, 0.29) is 23.9 Å². The first-order valence-electron chi connectivity index (χ1n) is 14.2. The molecule has 0 spiro atoms. The van der Waals surface area contributed by atoms with Crippen LogP contribution < -0.4 is 25.2 Å². The van der Waals surface area contributed by atoms with Gasteiger partial charge in [0, 0.05) is 50.5 Å². The molecule has 2 heterocycles. The topological polar surface area (TPSA) is 107 Å². The van der Waals surface area contributed by atoms with Gasteiger partial charge in [-0.2, -0.15) is 0 Å². The lowest BCUT2D eigenvalue weighted by Crippen LogP contribution is -2.61. The first-order valence-corrected chi connectivity index (χ1v) is 14.2. The predicted molar refractivity (Wildman–Crippen MR) is 149 cm³/mol. The van der Waals surface area contributed by atoms with Crippen LogP contribution in [-0.4, -0.2) is 73.4 Å². The van der Waals surface area contributed by atoms with Gasteiger partial charge < -0.3 is 30.3 Å². The highest BCUT2D eigenvalue weighted by atomic mass is 16.5. The molecular formula is C30H39N5O4. The van der Waals surface area contributed by atoms with Crippen LogP contribution in [0, 0.1) is 17.8 Å². The van der Waals surface area contributed by atoms with Crippen molar-refractivity contribution in [2.45, 2.75) is 56.7 Å². The van der Waals surface area contributed by atoms with Crippen LogP contribution in [0.3, 0.4) is 0 Å². The number of benzene rings is 1. The van der Waals surface area contributed by atoms with Crippen molar-refractivity contribution >= 4 is 23.3 Å². The number of hydrogen-bond donors (Lipinski definition) is 3. The Kier molecular flexibility index (Phi) is 6.65. The van der Waals surface area contributed by atoms with Gasteiger partial charge in [-0.15, -0.1) is 0 Å². The molecule has 1 aromatic carbocycles. The number of aromatic nitrogens is 1. The lowest BCUT2D eigenvalue weighted by molar-refractivity contribution is -0.136. The van der Waals surface area contributed by atoms with Gasteiger partial charge in [-0.1, -0.05) is 6.07 Å². The molecule has 3 atom stereocenters. The lowest BCUT2D eigenvalue weighted by atomic mass is 9.52. The van der Waals surface area contributed by atoms with Crippen molar-refractivity contribution in [1.82, 2.24) is 15.6 Å². The van der Waals surface area contributed by atoms with E-state index in [0.717, 1.165) is 63.2 Å². The van der Waals surface area contributed by atoms with Crippen LogP contribution in [0.25, 0.3) is 0 Å². The Balaban J connectivity index is 1.12. The van der Waals surface area contributed by atoms with Gasteiger partial charge >= 0.3 is 0 Å². The summed E-state index contributed by atoms with van der Waals surface area (Å²) in [5, 5.41) is 16.8. The third-order valence-electron chi connectivity index (χ3n) is 9.45. The van der Waals surface area contributed by atoms with Gasteiger partial charge in [-0.3, -0.25) is 9.59 Å². The normalized spacial score (nSPS) is 31.2. The van der Waals surface area contributed by atoms with Crippen molar-refractivity contribution in [2.75, 3.05) is 43.6 Å². The summed E-state index contributed by atoms with van der Waals surface area (Å²) in [6.45, 7) is 4.47. The summed E-state index contributed by atoms with van der Waals surface area (Å²) in [7, 11) is 3.18. The van der Waals surface area contributed by atoms with Crippen LogP contribution in [0.15, 0.2) is 36.4 Å². The highest BCUT2D eigenvalue weighted by Crippen LogP contribution is 2.55. The summed E-state index contributed by atoms with van der Waals surface area (Å²) in [4.78, 5) is 34.8. The molecule has 2 amide bonds. The average Bonchev–Trinajstić information content (AvgIpc) is 2.93. The fraction of sp³-hybridized carbons (Fsp3) is 0.567. The largest absolute Gasteiger partial charge is 0.496 e. The monoisotopic (exact) mass is 533 g/mol. The number of nitrogens with one attached hydrogen (secondary N) is 2. The highest BCUT2D eigenvalue weighted by Gasteiger charge is 2.55. The summed E-state index contributed by atoms with van der Waals surface area (Å²) >= 11 is 0. The van der Waals surface area contributed by atoms with Crippen LogP contribution in [0.2, 0.25) is 0 Å². The maximum Gasteiger partial charge on any atom is 0.270 e. The van der Waals surface area contributed by atoms with Gasteiger partial charge in [0.05, 0.1) is 18.3 Å². The molecule has 4 saturated carbocycles. The van der Waals surface area contributed by atoms with Gasteiger partial charge in [0.1, 0.15) is 17.3 Å². The van der Waals surface area contributed by atoms with Gasteiger partial charge in [0.2, 0.25) is 0 Å². The van der Waals surface area contributed by atoms with Crippen molar-refractivity contribution in [1.29, 1.82) is 0 Å². The Labute approximate surface area is 229 Å². The molecule has 1 aliphatic heterocycles. The third kappa shape index (κ3) is 4.81. The third-order valence-corrected chi connectivity index (χ3v) is 9.45. The second kappa shape index (κ2) is 10.0. The second-order valence-electron chi connectivity index (χ2n) is 12.0. The molecule has 2 aromatic rings.